The van der Waals surface area contributed by atoms with Gasteiger partial charge in [-0.1, -0.05) is 40.5 Å². The van der Waals surface area contributed by atoms with Crippen molar-refractivity contribution in [3.8, 4) is 0 Å². The van der Waals surface area contributed by atoms with E-state index in [0.717, 1.165) is 12.1 Å². The maximum atomic E-state index is 14.2. The van der Waals surface area contributed by atoms with Crippen LogP contribution in [0.5, 0.6) is 0 Å². The number of carbonyl (C=O) groups is 1. The van der Waals surface area contributed by atoms with Gasteiger partial charge in [0.2, 0.25) is 0 Å². The van der Waals surface area contributed by atoms with Gasteiger partial charge in [0.05, 0.1) is 23.5 Å². The molecule has 3 aromatic rings. The number of nitrogens with one attached hydrogen (secondary N) is 1. The summed E-state index contributed by atoms with van der Waals surface area (Å²) in [7, 11) is 0. The van der Waals surface area contributed by atoms with Gasteiger partial charge < -0.3 is 10.2 Å². The Kier molecular flexibility index (Phi) is 6.89. The van der Waals surface area contributed by atoms with E-state index < -0.39 is 18.2 Å². The lowest BCUT2D eigenvalue weighted by Gasteiger charge is -2.29. The first-order chi connectivity index (χ1) is 16.1. The minimum atomic E-state index is -4.80. The second-order valence-electron chi connectivity index (χ2n) is 7.49. The Balaban J connectivity index is 1.56. The van der Waals surface area contributed by atoms with Gasteiger partial charge in [-0.3, -0.25) is 9.78 Å². The molecule has 0 fully saturated rings. The summed E-state index contributed by atoms with van der Waals surface area (Å²) in [6.07, 6.45) is -3.77. The molecule has 11 heteroatoms. The molecule has 0 aliphatic carbocycles. The molecule has 1 unspecified atom stereocenters. The van der Waals surface area contributed by atoms with E-state index in [9.17, 15) is 18.0 Å². The van der Waals surface area contributed by atoms with Crippen molar-refractivity contribution >= 4 is 50.8 Å². The van der Waals surface area contributed by atoms with Crippen LogP contribution in [-0.2, 0) is 17.0 Å². The van der Waals surface area contributed by atoms with E-state index in [4.69, 9.17) is 28.0 Å². The van der Waals surface area contributed by atoms with E-state index in [2.05, 4.69) is 31.4 Å². The zero-order chi connectivity index (χ0) is 24.5. The standard InChI is InChI=1S/C23H15BrCl2F3N3O2/c24-19-7-13(4-5-18(19)21(33)31-12-17-3-1-2-6-30-17)20-11-22(34-32-20,23(27,28)29)14-8-15(25)10-16(26)9-14/h1-10H,11-12H2,(H,31,33). The predicted molar refractivity (Wildman–Crippen MR) is 126 cm³/mol. The quantitative estimate of drug-likeness (QED) is 0.372. The average molecular weight is 573 g/mol. The molecular formula is C23H15BrCl2F3N3O2. The third-order valence-electron chi connectivity index (χ3n) is 5.22. The van der Waals surface area contributed by atoms with Crippen molar-refractivity contribution in [3.63, 3.8) is 0 Å². The Labute approximate surface area is 211 Å². The molecule has 0 spiro atoms. The second kappa shape index (κ2) is 9.56. The number of amides is 1. The van der Waals surface area contributed by atoms with E-state index in [1.165, 1.54) is 24.3 Å². The van der Waals surface area contributed by atoms with E-state index in [0.29, 0.717) is 21.3 Å². The molecule has 176 valence electrons. The normalized spacial score (nSPS) is 17.8. The zero-order valence-electron chi connectivity index (χ0n) is 17.2. The minimum absolute atomic E-state index is 0.0481. The number of alkyl halides is 3. The van der Waals surface area contributed by atoms with Crippen LogP contribution in [0.4, 0.5) is 13.2 Å². The highest BCUT2D eigenvalue weighted by Crippen LogP contribution is 2.49. The lowest BCUT2D eigenvalue weighted by molar-refractivity contribution is -0.275. The van der Waals surface area contributed by atoms with Gasteiger partial charge in [-0.15, -0.1) is 0 Å². The SMILES string of the molecule is O=C(NCc1ccccn1)c1ccc(C2=NOC(c3cc(Cl)cc(Cl)c3)(C(F)(F)F)C2)cc1Br. The fraction of sp³-hybridized carbons (Fsp3) is 0.174. The number of halogens is 6. The first-order valence-electron chi connectivity index (χ1n) is 9.85. The van der Waals surface area contributed by atoms with Crippen LogP contribution in [0.2, 0.25) is 10.0 Å². The van der Waals surface area contributed by atoms with Gasteiger partial charge in [0.25, 0.3) is 11.5 Å². The highest BCUT2D eigenvalue weighted by molar-refractivity contribution is 9.10. The van der Waals surface area contributed by atoms with Crippen LogP contribution in [0, 0.1) is 0 Å². The van der Waals surface area contributed by atoms with Crippen molar-refractivity contribution in [2.45, 2.75) is 24.7 Å². The number of aromatic nitrogens is 1. The number of rotatable bonds is 5. The topological polar surface area (TPSA) is 63.6 Å². The van der Waals surface area contributed by atoms with Crippen LogP contribution < -0.4 is 5.32 Å². The van der Waals surface area contributed by atoms with E-state index in [1.54, 1.807) is 18.3 Å². The predicted octanol–water partition coefficient (Wildman–Crippen LogP) is 6.66. The van der Waals surface area contributed by atoms with Crippen molar-refractivity contribution in [1.82, 2.24) is 10.3 Å². The highest BCUT2D eigenvalue weighted by atomic mass is 79.9. The molecule has 2 aromatic carbocycles. The molecule has 0 bridgehead atoms. The number of oxime groups is 1. The van der Waals surface area contributed by atoms with Crippen molar-refractivity contribution in [2.24, 2.45) is 5.16 Å². The largest absolute Gasteiger partial charge is 0.435 e. The molecule has 1 amide bonds. The van der Waals surface area contributed by atoms with Crippen molar-refractivity contribution in [2.75, 3.05) is 0 Å². The number of hydrogen-bond donors (Lipinski definition) is 1. The number of hydrogen-bond acceptors (Lipinski definition) is 4. The number of benzene rings is 2. The van der Waals surface area contributed by atoms with Crippen LogP contribution in [0.1, 0.15) is 33.6 Å². The Hall–Kier alpha value is -2.62. The van der Waals surface area contributed by atoms with Crippen LogP contribution >= 0.6 is 39.1 Å². The molecule has 1 aromatic heterocycles. The first kappa shape index (κ1) is 24.5. The molecular weight excluding hydrogens is 558 g/mol. The molecule has 1 aliphatic rings. The summed E-state index contributed by atoms with van der Waals surface area (Å²) in [5.74, 6) is -0.369. The van der Waals surface area contributed by atoms with E-state index in [1.807, 2.05) is 6.07 Å². The van der Waals surface area contributed by atoms with Crippen molar-refractivity contribution in [1.29, 1.82) is 0 Å². The molecule has 0 saturated heterocycles. The van der Waals surface area contributed by atoms with Gasteiger partial charge in [0.15, 0.2) is 0 Å². The van der Waals surface area contributed by atoms with Gasteiger partial charge in [-0.05, 0) is 58.4 Å². The number of carbonyl (C=O) groups excluding carboxylic acids is 1. The molecule has 34 heavy (non-hydrogen) atoms. The van der Waals surface area contributed by atoms with E-state index in [-0.39, 0.29) is 33.8 Å². The van der Waals surface area contributed by atoms with Crippen LogP contribution in [0.25, 0.3) is 0 Å². The van der Waals surface area contributed by atoms with Crippen LogP contribution in [0.15, 0.2) is 70.4 Å². The van der Waals surface area contributed by atoms with Crippen molar-refractivity contribution in [3.05, 3.63) is 97.7 Å². The lowest BCUT2D eigenvalue weighted by Crippen LogP contribution is -2.42. The zero-order valence-corrected chi connectivity index (χ0v) is 20.3. The molecule has 0 saturated carbocycles. The fourth-order valence-electron chi connectivity index (χ4n) is 3.49. The Morgan fingerprint density at radius 1 is 1.12 bits per heavy atom. The summed E-state index contributed by atoms with van der Waals surface area (Å²) < 4.78 is 42.9. The number of pyridine rings is 1. The van der Waals surface area contributed by atoms with Crippen molar-refractivity contribution < 1.29 is 22.8 Å². The van der Waals surface area contributed by atoms with Gasteiger partial charge in [0.1, 0.15) is 0 Å². The maximum Gasteiger partial charge on any atom is 0.435 e. The summed E-state index contributed by atoms with van der Waals surface area (Å²) >= 11 is 15.2. The van der Waals surface area contributed by atoms with Crippen LogP contribution in [0.3, 0.4) is 0 Å². The Morgan fingerprint density at radius 3 is 2.47 bits per heavy atom. The monoisotopic (exact) mass is 571 g/mol. The summed E-state index contributed by atoms with van der Waals surface area (Å²) in [6.45, 7) is 0.227. The molecule has 1 atom stereocenters. The number of nitrogens with zero attached hydrogens (tertiary/aromatic N) is 2. The lowest BCUT2D eigenvalue weighted by atomic mass is 9.86. The Morgan fingerprint density at radius 2 is 1.85 bits per heavy atom. The maximum absolute atomic E-state index is 14.2. The molecule has 2 heterocycles. The smallest absolute Gasteiger partial charge is 0.374 e. The third-order valence-corrected chi connectivity index (χ3v) is 6.31. The fourth-order valence-corrected chi connectivity index (χ4v) is 4.58. The first-order valence-corrected chi connectivity index (χ1v) is 11.4. The second-order valence-corrected chi connectivity index (χ2v) is 9.21. The summed E-state index contributed by atoms with van der Waals surface area (Å²) in [5, 5.41) is 6.58. The summed E-state index contributed by atoms with van der Waals surface area (Å²) in [5.41, 5.74) is -1.56. The Bertz CT molecular complexity index is 1250. The summed E-state index contributed by atoms with van der Waals surface area (Å²) in [4.78, 5) is 21.7. The van der Waals surface area contributed by atoms with Crippen LogP contribution in [-0.4, -0.2) is 22.8 Å². The molecule has 0 radical (unpaired) electrons. The van der Waals surface area contributed by atoms with Gasteiger partial charge in [0, 0.05) is 38.3 Å². The summed E-state index contributed by atoms with van der Waals surface area (Å²) in [6, 6.07) is 13.5. The molecule has 1 N–H and O–H groups in total. The van der Waals surface area contributed by atoms with Gasteiger partial charge >= 0.3 is 6.18 Å². The molecule has 4 rings (SSSR count). The van der Waals surface area contributed by atoms with E-state index >= 15 is 0 Å². The minimum Gasteiger partial charge on any atom is -0.374 e. The molecule has 1 aliphatic heterocycles. The third kappa shape index (κ3) is 4.92. The average Bonchev–Trinajstić information content (AvgIpc) is 3.25. The molecule has 5 nitrogen and oxygen atoms in total. The van der Waals surface area contributed by atoms with Gasteiger partial charge in [-0.25, -0.2) is 0 Å². The van der Waals surface area contributed by atoms with Gasteiger partial charge in [-0.2, -0.15) is 13.2 Å². The highest BCUT2D eigenvalue weighted by Gasteiger charge is 2.62.